The molecule has 0 radical (unpaired) electrons. The molecule has 0 amide bonds. The predicted octanol–water partition coefficient (Wildman–Crippen LogP) is 1.50. The summed E-state index contributed by atoms with van der Waals surface area (Å²) < 4.78 is 0. The van der Waals surface area contributed by atoms with Crippen molar-refractivity contribution in [3.63, 3.8) is 0 Å². The molecule has 0 aromatic carbocycles. The summed E-state index contributed by atoms with van der Waals surface area (Å²) in [5.41, 5.74) is 6.26. The number of hydrogen-bond donors (Lipinski definition) is 3. The van der Waals surface area contributed by atoms with Crippen LogP contribution < -0.4 is 11.1 Å². The Morgan fingerprint density at radius 2 is 2.33 bits per heavy atom. The van der Waals surface area contributed by atoms with Crippen LogP contribution in [0.5, 0.6) is 0 Å². The summed E-state index contributed by atoms with van der Waals surface area (Å²) >= 11 is 0. The maximum atomic E-state index is 9.59. The number of pyridine rings is 1. The van der Waals surface area contributed by atoms with Gasteiger partial charge in [-0.1, -0.05) is 6.42 Å². The normalized spacial score (nSPS) is 23.3. The van der Waals surface area contributed by atoms with Crippen LogP contribution in [0.25, 0.3) is 0 Å². The molecule has 1 fully saturated rings. The largest absolute Gasteiger partial charge is 0.396 e. The van der Waals surface area contributed by atoms with Gasteiger partial charge >= 0.3 is 0 Å². The Labute approximate surface area is 107 Å². The fourth-order valence-electron chi connectivity index (χ4n) is 2.35. The van der Waals surface area contributed by atoms with E-state index in [1.807, 2.05) is 6.07 Å². The second kappa shape index (κ2) is 5.69. The second-order valence-corrected chi connectivity index (χ2v) is 4.81. The summed E-state index contributed by atoms with van der Waals surface area (Å²) in [6.45, 7) is 0.777. The summed E-state index contributed by atoms with van der Waals surface area (Å²) in [4.78, 5) is 4.13. The number of nitrogens with one attached hydrogen (secondary N) is 1. The van der Waals surface area contributed by atoms with Gasteiger partial charge in [-0.3, -0.25) is 0 Å². The van der Waals surface area contributed by atoms with Gasteiger partial charge in [-0.25, -0.2) is 4.98 Å². The fourth-order valence-corrected chi connectivity index (χ4v) is 2.35. The van der Waals surface area contributed by atoms with Crippen molar-refractivity contribution in [3.05, 3.63) is 17.8 Å². The third-order valence-corrected chi connectivity index (χ3v) is 3.36. The molecule has 4 N–H and O–H groups in total. The number of nitrogens with zero attached hydrogens (tertiary/aromatic N) is 2. The first-order valence-corrected chi connectivity index (χ1v) is 6.27. The van der Waals surface area contributed by atoms with Crippen molar-refractivity contribution in [2.45, 2.75) is 31.8 Å². The molecular formula is C13H18N4O. The lowest BCUT2D eigenvalue weighted by molar-refractivity contribution is 0.104. The van der Waals surface area contributed by atoms with Crippen LogP contribution >= 0.6 is 0 Å². The molecule has 1 aliphatic rings. The van der Waals surface area contributed by atoms with E-state index in [2.05, 4.69) is 10.3 Å². The number of nitriles is 1. The zero-order chi connectivity index (χ0) is 13.0. The molecule has 5 heteroatoms. The Hall–Kier alpha value is -1.80. The molecule has 18 heavy (non-hydrogen) atoms. The maximum Gasteiger partial charge on any atom is 0.165 e. The van der Waals surface area contributed by atoms with Crippen LogP contribution in [-0.4, -0.2) is 22.7 Å². The van der Waals surface area contributed by atoms with Gasteiger partial charge in [-0.05, 0) is 37.3 Å². The summed E-state index contributed by atoms with van der Waals surface area (Å²) in [6.07, 6.45) is 3.79. The van der Waals surface area contributed by atoms with Gasteiger partial charge < -0.3 is 16.2 Å². The smallest absolute Gasteiger partial charge is 0.165 e. The lowest BCUT2D eigenvalue weighted by Crippen LogP contribution is -2.25. The van der Waals surface area contributed by atoms with Crippen molar-refractivity contribution < 1.29 is 5.11 Å². The Morgan fingerprint density at radius 1 is 1.50 bits per heavy atom. The van der Waals surface area contributed by atoms with Gasteiger partial charge in [0.1, 0.15) is 11.9 Å². The van der Waals surface area contributed by atoms with Crippen LogP contribution in [0.4, 0.5) is 11.5 Å². The van der Waals surface area contributed by atoms with E-state index in [0.717, 1.165) is 32.2 Å². The van der Waals surface area contributed by atoms with Gasteiger partial charge in [-0.2, -0.15) is 5.26 Å². The molecule has 2 rings (SSSR count). The molecule has 1 heterocycles. The van der Waals surface area contributed by atoms with Crippen LogP contribution in [0.15, 0.2) is 12.1 Å². The van der Waals surface area contributed by atoms with Crippen LogP contribution in [0.1, 0.15) is 31.4 Å². The molecule has 1 aromatic rings. The molecule has 0 aliphatic heterocycles. The average Bonchev–Trinajstić information content (AvgIpc) is 2.38. The quantitative estimate of drug-likeness (QED) is 0.751. The molecule has 0 saturated heterocycles. The Kier molecular flexibility index (Phi) is 4.00. The van der Waals surface area contributed by atoms with Crippen LogP contribution in [-0.2, 0) is 0 Å². The summed E-state index contributed by atoms with van der Waals surface area (Å²) in [7, 11) is 0. The SMILES string of the molecule is N#Cc1nc(NCC2CCCC(O)C2)ccc1N. The number of nitrogens with two attached hydrogens (primary N) is 1. The first-order chi connectivity index (χ1) is 8.69. The van der Waals surface area contributed by atoms with E-state index in [4.69, 9.17) is 11.0 Å². The third kappa shape index (κ3) is 3.11. The number of aliphatic hydroxyl groups is 1. The molecule has 1 aromatic heterocycles. The highest BCUT2D eigenvalue weighted by atomic mass is 16.3. The second-order valence-electron chi connectivity index (χ2n) is 4.81. The van der Waals surface area contributed by atoms with E-state index in [9.17, 15) is 5.11 Å². The molecule has 1 saturated carbocycles. The standard InChI is InChI=1S/C13H18N4O/c14-7-12-11(15)4-5-13(17-12)16-8-9-2-1-3-10(18)6-9/h4-5,9-10,18H,1-3,6,8,15H2,(H,16,17). The van der Waals surface area contributed by atoms with Crippen LogP contribution in [0, 0.1) is 17.2 Å². The van der Waals surface area contributed by atoms with E-state index in [0.29, 0.717) is 17.4 Å². The van der Waals surface area contributed by atoms with E-state index >= 15 is 0 Å². The van der Waals surface area contributed by atoms with Crippen molar-refractivity contribution in [2.24, 2.45) is 5.92 Å². The van der Waals surface area contributed by atoms with Gasteiger partial charge in [0.2, 0.25) is 0 Å². The zero-order valence-electron chi connectivity index (χ0n) is 10.3. The van der Waals surface area contributed by atoms with E-state index in [1.165, 1.54) is 0 Å². The molecule has 0 bridgehead atoms. The monoisotopic (exact) mass is 246 g/mol. The predicted molar refractivity (Wildman–Crippen MR) is 69.8 cm³/mol. The summed E-state index contributed by atoms with van der Waals surface area (Å²) in [5.74, 6) is 1.14. The van der Waals surface area contributed by atoms with Crippen molar-refractivity contribution in [1.82, 2.24) is 4.98 Å². The number of aromatic nitrogens is 1. The molecule has 2 unspecified atom stereocenters. The van der Waals surface area contributed by atoms with Crippen LogP contribution in [0.2, 0.25) is 0 Å². The molecule has 5 nitrogen and oxygen atoms in total. The molecule has 1 aliphatic carbocycles. The lowest BCUT2D eigenvalue weighted by Gasteiger charge is -2.26. The topological polar surface area (TPSA) is 95.0 Å². The van der Waals surface area contributed by atoms with E-state index < -0.39 is 0 Å². The molecular weight excluding hydrogens is 228 g/mol. The Balaban J connectivity index is 1.92. The number of anilines is 2. The number of aliphatic hydroxyl groups excluding tert-OH is 1. The van der Waals surface area contributed by atoms with Gasteiger partial charge in [0.25, 0.3) is 0 Å². The minimum absolute atomic E-state index is 0.167. The van der Waals surface area contributed by atoms with E-state index in [1.54, 1.807) is 12.1 Å². The Morgan fingerprint density at radius 3 is 3.06 bits per heavy atom. The van der Waals surface area contributed by atoms with Crippen molar-refractivity contribution in [1.29, 1.82) is 5.26 Å². The third-order valence-electron chi connectivity index (χ3n) is 3.36. The van der Waals surface area contributed by atoms with Crippen molar-refractivity contribution in [3.8, 4) is 6.07 Å². The zero-order valence-corrected chi connectivity index (χ0v) is 10.3. The summed E-state index contributed by atoms with van der Waals surface area (Å²) in [6, 6.07) is 5.42. The van der Waals surface area contributed by atoms with E-state index in [-0.39, 0.29) is 11.8 Å². The van der Waals surface area contributed by atoms with Gasteiger partial charge in [0.05, 0.1) is 11.8 Å². The maximum absolute atomic E-state index is 9.59. The Bertz CT molecular complexity index is 455. The lowest BCUT2D eigenvalue weighted by atomic mass is 9.87. The highest BCUT2D eigenvalue weighted by Crippen LogP contribution is 2.24. The van der Waals surface area contributed by atoms with Crippen molar-refractivity contribution in [2.75, 3.05) is 17.6 Å². The fraction of sp³-hybridized carbons (Fsp3) is 0.538. The van der Waals surface area contributed by atoms with Gasteiger partial charge in [-0.15, -0.1) is 0 Å². The van der Waals surface area contributed by atoms with Crippen LogP contribution in [0.3, 0.4) is 0 Å². The van der Waals surface area contributed by atoms with Gasteiger partial charge in [0.15, 0.2) is 5.69 Å². The summed E-state index contributed by atoms with van der Waals surface area (Å²) in [5, 5.41) is 21.6. The number of hydrogen-bond acceptors (Lipinski definition) is 5. The first kappa shape index (κ1) is 12.7. The molecule has 2 atom stereocenters. The highest BCUT2D eigenvalue weighted by molar-refractivity contribution is 5.54. The number of nitrogen functional groups attached to an aromatic ring is 1. The average molecular weight is 246 g/mol. The first-order valence-electron chi connectivity index (χ1n) is 6.27. The van der Waals surface area contributed by atoms with Gasteiger partial charge in [0, 0.05) is 6.54 Å². The molecule has 96 valence electrons. The number of rotatable bonds is 3. The molecule has 0 spiro atoms. The van der Waals surface area contributed by atoms with Crippen molar-refractivity contribution >= 4 is 11.5 Å². The minimum Gasteiger partial charge on any atom is -0.396 e. The highest BCUT2D eigenvalue weighted by Gasteiger charge is 2.19. The minimum atomic E-state index is -0.167.